The average molecular weight is 237 g/mol. The molecular formula is C12H19N3O2. The molecule has 1 heterocycles. The van der Waals surface area contributed by atoms with Gasteiger partial charge in [0.15, 0.2) is 5.82 Å². The van der Waals surface area contributed by atoms with E-state index in [9.17, 15) is 4.79 Å². The summed E-state index contributed by atoms with van der Waals surface area (Å²) in [5.74, 6) is -0.484. The van der Waals surface area contributed by atoms with Crippen molar-refractivity contribution in [1.82, 2.24) is 4.98 Å². The van der Waals surface area contributed by atoms with E-state index >= 15 is 0 Å². The van der Waals surface area contributed by atoms with Crippen LogP contribution in [0.4, 0.5) is 11.5 Å². The van der Waals surface area contributed by atoms with Crippen LogP contribution in [0, 0.1) is 0 Å². The van der Waals surface area contributed by atoms with E-state index in [0.717, 1.165) is 12.8 Å². The number of anilines is 2. The van der Waals surface area contributed by atoms with E-state index in [1.54, 1.807) is 0 Å². The molecule has 3 N–H and O–H groups in total. The van der Waals surface area contributed by atoms with Crippen LogP contribution in [0.3, 0.4) is 0 Å². The van der Waals surface area contributed by atoms with Gasteiger partial charge in [-0.05, 0) is 18.9 Å². The average Bonchev–Trinajstić information content (AvgIpc) is 2.30. The van der Waals surface area contributed by atoms with Crippen LogP contribution in [-0.2, 0) is 0 Å². The van der Waals surface area contributed by atoms with Gasteiger partial charge in [-0.3, -0.25) is 0 Å². The van der Waals surface area contributed by atoms with Gasteiger partial charge in [0.25, 0.3) is 0 Å². The first-order chi connectivity index (χ1) is 8.02. The van der Waals surface area contributed by atoms with Crippen molar-refractivity contribution in [2.75, 3.05) is 17.7 Å². The fourth-order valence-electron chi connectivity index (χ4n) is 1.94. The second-order valence-electron chi connectivity index (χ2n) is 3.98. The van der Waals surface area contributed by atoms with E-state index in [-0.39, 0.29) is 11.3 Å². The number of aromatic carboxylic acids is 1. The van der Waals surface area contributed by atoms with Gasteiger partial charge in [-0.25, -0.2) is 9.78 Å². The summed E-state index contributed by atoms with van der Waals surface area (Å²) >= 11 is 0. The van der Waals surface area contributed by atoms with Crippen LogP contribution in [0.1, 0.15) is 37.0 Å². The lowest BCUT2D eigenvalue weighted by Crippen LogP contribution is -2.32. The van der Waals surface area contributed by atoms with Crippen LogP contribution in [0.5, 0.6) is 0 Å². The van der Waals surface area contributed by atoms with Gasteiger partial charge in [0.1, 0.15) is 0 Å². The molecule has 0 aliphatic rings. The minimum atomic E-state index is -1.02. The third kappa shape index (κ3) is 2.67. The van der Waals surface area contributed by atoms with Gasteiger partial charge in [0, 0.05) is 19.3 Å². The Kier molecular flexibility index (Phi) is 4.31. The summed E-state index contributed by atoms with van der Waals surface area (Å²) in [5, 5.41) is 9.00. The quantitative estimate of drug-likeness (QED) is 0.818. The van der Waals surface area contributed by atoms with Crippen LogP contribution in [0.2, 0.25) is 0 Å². The first-order valence-electron chi connectivity index (χ1n) is 5.73. The molecule has 0 aromatic carbocycles. The molecule has 0 atom stereocenters. The Hall–Kier alpha value is -1.78. The molecule has 0 saturated heterocycles. The monoisotopic (exact) mass is 237 g/mol. The maximum atomic E-state index is 11.0. The zero-order valence-corrected chi connectivity index (χ0v) is 10.5. The molecule has 1 rings (SSSR count). The topological polar surface area (TPSA) is 79.5 Å². The molecule has 94 valence electrons. The highest BCUT2D eigenvalue weighted by atomic mass is 16.4. The fourth-order valence-corrected chi connectivity index (χ4v) is 1.94. The van der Waals surface area contributed by atoms with E-state index in [0.29, 0.717) is 11.9 Å². The van der Waals surface area contributed by atoms with Crippen molar-refractivity contribution in [2.24, 2.45) is 0 Å². The number of pyridine rings is 1. The summed E-state index contributed by atoms with van der Waals surface area (Å²) in [6.45, 7) is 4.17. The highest BCUT2D eigenvalue weighted by Crippen LogP contribution is 2.25. The van der Waals surface area contributed by atoms with Crippen molar-refractivity contribution in [2.45, 2.75) is 32.7 Å². The summed E-state index contributed by atoms with van der Waals surface area (Å²) in [6, 6.07) is 1.73. The molecule has 17 heavy (non-hydrogen) atoms. The molecule has 1 aromatic heterocycles. The zero-order valence-electron chi connectivity index (χ0n) is 10.5. The Morgan fingerprint density at radius 1 is 1.53 bits per heavy atom. The van der Waals surface area contributed by atoms with Crippen LogP contribution in [0.15, 0.2) is 12.3 Å². The van der Waals surface area contributed by atoms with Crippen molar-refractivity contribution >= 4 is 17.5 Å². The van der Waals surface area contributed by atoms with Crippen molar-refractivity contribution in [3.63, 3.8) is 0 Å². The predicted molar refractivity (Wildman–Crippen MR) is 68.4 cm³/mol. The normalized spacial score (nSPS) is 10.6. The molecule has 0 spiro atoms. The number of carbonyl (C=O) groups is 1. The number of nitrogens with two attached hydrogens (primary N) is 1. The van der Waals surface area contributed by atoms with Gasteiger partial charge in [-0.15, -0.1) is 0 Å². The highest BCUT2D eigenvalue weighted by Gasteiger charge is 2.18. The van der Waals surface area contributed by atoms with Gasteiger partial charge in [-0.2, -0.15) is 0 Å². The van der Waals surface area contributed by atoms with E-state index in [4.69, 9.17) is 10.8 Å². The standard InChI is InChI=1S/C12H19N3O2/c1-4-8(5-2)15(3)11-10(13)9(12(16)17)6-7-14-11/h6-8H,4-5,13H2,1-3H3,(H,16,17). The van der Waals surface area contributed by atoms with Gasteiger partial charge >= 0.3 is 5.97 Å². The van der Waals surface area contributed by atoms with E-state index in [1.165, 1.54) is 12.3 Å². The lowest BCUT2D eigenvalue weighted by molar-refractivity contribution is 0.0698. The molecule has 0 unspecified atom stereocenters. The number of rotatable bonds is 5. The summed E-state index contributed by atoms with van der Waals surface area (Å²) in [6.07, 6.45) is 3.41. The van der Waals surface area contributed by atoms with Crippen LogP contribution < -0.4 is 10.6 Å². The van der Waals surface area contributed by atoms with Gasteiger partial charge in [0.05, 0.1) is 11.3 Å². The minimum absolute atomic E-state index is 0.104. The molecule has 5 nitrogen and oxygen atoms in total. The molecule has 0 aliphatic heterocycles. The fraction of sp³-hybridized carbons (Fsp3) is 0.500. The highest BCUT2D eigenvalue weighted by molar-refractivity contribution is 5.96. The third-order valence-electron chi connectivity index (χ3n) is 3.02. The maximum absolute atomic E-state index is 11.0. The van der Waals surface area contributed by atoms with Crippen molar-refractivity contribution in [1.29, 1.82) is 0 Å². The predicted octanol–water partition coefficient (Wildman–Crippen LogP) is 1.99. The summed E-state index contributed by atoms with van der Waals surface area (Å²) in [5.41, 5.74) is 6.18. The Labute approximate surface area is 101 Å². The smallest absolute Gasteiger partial charge is 0.337 e. The van der Waals surface area contributed by atoms with Crippen molar-refractivity contribution in [3.05, 3.63) is 17.8 Å². The largest absolute Gasteiger partial charge is 0.478 e. The molecule has 5 heteroatoms. The van der Waals surface area contributed by atoms with E-state index < -0.39 is 5.97 Å². The Bertz CT molecular complexity index is 403. The summed E-state index contributed by atoms with van der Waals surface area (Å²) < 4.78 is 0. The SMILES string of the molecule is CCC(CC)N(C)c1nccc(C(=O)O)c1N. The number of carboxylic acids is 1. The van der Waals surface area contributed by atoms with Gasteiger partial charge in [-0.1, -0.05) is 13.8 Å². The first kappa shape index (κ1) is 13.3. The lowest BCUT2D eigenvalue weighted by atomic mass is 10.1. The molecule has 0 bridgehead atoms. The van der Waals surface area contributed by atoms with Crippen molar-refractivity contribution in [3.8, 4) is 0 Å². The first-order valence-corrected chi connectivity index (χ1v) is 5.73. The van der Waals surface area contributed by atoms with Crippen LogP contribution in [0.25, 0.3) is 0 Å². The molecular weight excluding hydrogens is 218 g/mol. The minimum Gasteiger partial charge on any atom is -0.478 e. The molecule has 0 amide bonds. The molecule has 0 radical (unpaired) electrons. The summed E-state index contributed by atoms with van der Waals surface area (Å²) in [7, 11) is 1.89. The Balaban J connectivity index is 3.14. The second kappa shape index (κ2) is 5.52. The zero-order chi connectivity index (χ0) is 13.0. The molecule has 0 fully saturated rings. The number of nitrogen functional groups attached to an aromatic ring is 1. The molecule has 0 aliphatic carbocycles. The number of carboxylic acid groups (broad SMARTS) is 1. The molecule has 0 saturated carbocycles. The van der Waals surface area contributed by atoms with Gasteiger partial charge < -0.3 is 15.7 Å². The van der Waals surface area contributed by atoms with E-state index in [2.05, 4.69) is 18.8 Å². The van der Waals surface area contributed by atoms with Crippen molar-refractivity contribution < 1.29 is 9.90 Å². The van der Waals surface area contributed by atoms with Crippen LogP contribution in [-0.4, -0.2) is 29.1 Å². The van der Waals surface area contributed by atoms with E-state index in [1.807, 2.05) is 11.9 Å². The number of nitrogens with zero attached hydrogens (tertiary/aromatic N) is 2. The Morgan fingerprint density at radius 3 is 2.59 bits per heavy atom. The second-order valence-corrected chi connectivity index (χ2v) is 3.98. The summed E-state index contributed by atoms with van der Waals surface area (Å²) in [4.78, 5) is 17.1. The maximum Gasteiger partial charge on any atom is 0.337 e. The number of aromatic nitrogens is 1. The van der Waals surface area contributed by atoms with Gasteiger partial charge in [0.2, 0.25) is 0 Å². The Morgan fingerprint density at radius 2 is 2.12 bits per heavy atom. The third-order valence-corrected chi connectivity index (χ3v) is 3.02. The number of hydrogen-bond acceptors (Lipinski definition) is 4. The van der Waals surface area contributed by atoms with Crippen LogP contribution >= 0.6 is 0 Å². The molecule has 1 aromatic rings. The number of hydrogen-bond donors (Lipinski definition) is 2. The lowest BCUT2D eigenvalue weighted by Gasteiger charge is -2.28.